The topological polar surface area (TPSA) is 87.8 Å². The number of aromatic nitrogens is 3. The van der Waals surface area contributed by atoms with Gasteiger partial charge in [0.15, 0.2) is 0 Å². The summed E-state index contributed by atoms with van der Waals surface area (Å²) >= 11 is 0. The zero-order chi connectivity index (χ0) is 10.1. The second-order valence-corrected chi connectivity index (χ2v) is 3.33. The fraction of sp³-hybridized carbons (Fsp3) is 0.333. The molecule has 2 rings (SSSR count). The predicted molar refractivity (Wildman–Crippen MR) is 52.5 cm³/mol. The number of nitrogens with zero attached hydrogens (tertiary/aromatic N) is 2. The monoisotopic (exact) mass is 192 g/mol. The van der Waals surface area contributed by atoms with Crippen molar-refractivity contribution in [1.82, 2.24) is 15.2 Å². The van der Waals surface area contributed by atoms with Crippen LogP contribution in [0.3, 0.4) is 0 Å². The fourth-order valence-corrected chi connectivity index (χ4v) is 1.36. The van der Waals surface area contributed by atoms with Crippen molar-refractivity contribution in [2.24, 2.45) is 5.73 Å². The van der Waals surface area contributed by atoms with E-state index in [1.165, 1.54) is 0 Å². The quantitative estimate of drug-likeness (QED) is 0.640. The minimum absolute atomic E-state index is 0.334. The molecule has 2 aromatic heterocycles. The van der Waals surface area contributed by atoms with Crippen LogP contribution in [0.1, 0.15) is 18.7 Å². The summed E-state index contributed by atoms with van der Waals surface area (Å²) in [5.41, 5.74) is 7.01. The molecule has 2 heterocycles. The van der Waals surface area contributed by atoms with E-state index in [2.05, 4.69) is 15.2 Å². The highest BCUT2D eigenvalue weighted by atomic mass is 16.3. The lowest BCUT2D eigenvalue weighted by Gasteiger charge is -2.12. The smallest absolute Gasteiger partial charge is 0.111 e. The van der Waals surface area contributed by atoms with Crippen LogP contribution >= 0.6 is 0 Å². The summed E-state index contributed by atoms with van der Waals surface area (Å²) in [6.07, 6.45) is 2.59. The molecule has 0 aromatic carbocycles. The van der Waals surface area contributed by atoms with Gasteiger partial charge in [-0.2, -0.15) is 5.10 Å². The van der Waals surface area contributed by atoms with Crippen molar-refractivity contribution in [3.05, 3.63) is 24.2 Å². The zero-order valence-corrected chi connectivity index (χ0v) is 7.81. The number of H-pyrrole nitrogens is 1. The number of rotatable bonds is 2. The Morgan fingerprint density at radius 1 is 1.57 bits per heavy atom. The molecule has 0 saturated carbocycles. The molecular formula is C9H12N4O. The van der Waals surface area contributed by atoms with Gasteiger partial charge in [-0.25, -0.2) is 0 Å². The molecule has 14 heavy (non-hydrogen) atoms. The number of nitrogens with two attached hydrogens (primary N) is 1. The molecule has 0 saturated heterocycles. The number of aliphatic hydroxyl groups excluding tert-OH is 1. The summed E-state index contributed by atoms with van der Waals surface area (Å²) in [5.74, 6) is 0. The van der Waals surface area contributed by atoms with Gasteiger partial charge < -0.3 is 10.8 Å². The predicted octanol–water partition coefficient (Wildman–Crippen LogP) is 0.338. The Morgan fingerprint density at radius 2 is 2.36 bits per heavy atom. The highest BCUT2D eigenvalue weighted by molar-refractivity contribution is 5.80. The summed E-state index contributed by atoms with van der Waals surface area (Å²) in [4.78, 5) is 3.98. The molecule has 0 spiro atoms. The van der Waals surface area contributed by atoms with Crippen molar-refractivity contribution < 1.29 is 5.11 Å². The first-order chi connectivity index (χ1) is 6.70. The average Bonchev–Trinajstić information content (AvgIpc) is 2.60. The maximum absolute atomic E-state index is 9.76. The molecule has 2 atom stereocenters. The minimum atomic E-state index is -0.732. The molecule has 5 heteroatoms. The molecule has 0 bridgehead atoms. The summed E-state index contributed by atoms with van der Waals surface area (Å²) in [7, 11) is 0. The first kappa shape index (κ1) is 9.11. The van der Waals surface area contributed by atoms with E-state index in [0.717, 1.165) is 10.9 Å². The molecule has 0 amide bonds. The number of hydrogen-bond acceptors (Lipinski definition) is 4. The van der Waals surface area contributed by atoms with Crippen LogP contribution in [0.25, 0.3) is 10.9 Å². The average molecular weight is 192 g/mol. The Bertz CT molecular complexity index is 437. The van der Waals surface area contributed by atoms with Crippen molar-refractivity contribution in [2.45, 2.75) is 19.1 Å². The molecule has 2 unspecified atom stereocenters. The SMILES string of the molecule is CC(N)C(O)c1[nH]nc2ccncc12. The van der Waals surface area contributed by atoms with Crippen molar-refractivity contribution in [3.8, 4) is 0 Å². The number of fused-ring (bicyclic) bond motifs is 1. The molecule has 5 nitrogen and oxygen atoms in total. The van der Waals surface area contributed by atoms with Crippen molar-refractivity contribution >= 4 is 10.9 Å². The van der Waals surface area contributed by atoms with Gasteiger partial charge in [-0.05, 0) is 13.0 Å². The van der Waals surface area contributed by atoms with E-state index in [0.29, 0.717) is 5.69 Å². The third kappa shape index (κ3) is 1.36. The Labute approximate surface area is 81.0 Å². The van der Waals surface area contributed by atoms with Crippen LogP contribution in [0.5, 0.6) is 0 Å². The third-order valence-corrected chi connectivity index (χ3v) is 2.18. The van der Waals surface area contributed by atoms with E-state index >= 15 is 0 Å². The first-order valence-corrected chi connectivity index (χ1v) is 4.42. The molecule has 0 radical (unpaired) electrons. The van der Waals surface area contributed by atoms with Crippen molar-refractivity contribution in [2.75, 3.05) is 0 Å². The van der Waals surface area contributed by atoms with E-state index < -0.39 is 6.10 Å². The number of aromatic amines is 1. The number of nitrogens with one attached hydrogen (secondary N) is 1. The van der Waals surface area contributed by atoms with Crippen molar-refractivity contribution in [1.29, 1.82) is 0 Å². The van der Waals surface area contributed by atoms with Gasteiger partial charge in [0.25, 0.3) is 0 Å². The van der Waals surface area contributed by atoms with Crippen LogP contribution in [0.2, 0.25) is 0 Å². The van der Waals surface area contributed by atoms with E-state index in [1.807, 2.05) is 0 Å². The standard InChI is InChI=1S/C9H12N4O/c1-5(10)9(14)8-6-4-11-3-2-7(6)12-13-8/h2-5,9,14H,10H2,1H3,(H,12,13). The van der Waals surface area contributed by atoms with Gasteiger partial charge in [-0.15, -0.1) is 0 Å². The van der Waals surface area contributed by atoms with Crippen molar-refractivity contribution in [3.63, 3.8) is 0 Å². The highest BCUT2D eigenvalue weighted by Gasteiger charge is 2.17. The second kappa shape index (κ2) is 3.36. The molecule has 0 aliphatic rings. The highest BCUT2D eigenvalue weighted by Crippen LogP contribution is 2.21. The largest absolute Gasteiger partial charge is 0.385 e. The molecular weight excluding hydrogens is 180 g/mol. The number of pyridine rings is 1. The third-order valence-electron chi connectivity index (χ3n) is 2.18. The molecule has 2 aromatic rings. The lowest BCUT2D eigenvalue weighted by atomic mass is 10.1. The molecule has 4 N–H and O–H groups in total. The van der Waals surface area contributed by atoms with Crippen LogP contribution in [-0.4, -0.2) is 26.3 Å². The van der Waals surface area contributed by atoms with Gasteiger partial charge in [0, 0.05) is 23.8 Å². The molecule has 0 aliphatic carbocycles. The Balaban J connectivity index is 2.53. The van der Waals surface area contributed by atoms with Crippen LogP contribution in [0.4, 0.5) is 0 Å². The summed E-state index contributed by atoms with van der Waals surface area (Å²) < 4.78 is 0. The lowest BCUT2D eigenvalue weighted by molar-refractivity contribution is 0.150. The van der Waals surface area contributed by atoms with Gasteiger partial charge in [0.2, 0.25) is 0 Å². The van der Waals surface area contributed by atoms with E-state index in [9.17, 15) is 5.11 Å². The van der Waals surface area contributed by atoms with Crippen LogP contribution in [0.15, 0.2) is 18.5 Å². The number of hydrogen-bond donors (Lipinski definition) is 3. The first-order valence-electron chi connectivity index (χ1n) is 4.42. The summed E-state index contributed by atoms with van der Waals surface area (Å²) in [6, 6.07) is 1.45. The second-order valence-electron chi connectivity index (χ2n) is 3.33. The van der Waals surface area contributed by atoms with Gasteiger partial charge >= 0.3 is 0 Å². The maximum atomic E-state index is 9.76. The Hall–Kier alpha value is -1.46. The fourth-order valence-electron chi connectivity index (χ4n) is 1.36. The van der Waals surface area contributed by atoms with Crippen LogP contribution in [-0.2, 0) is 0 Å². The summed E-state index contributed by atoms with van der Waals surface area (Å²) in [6.45, 7) is 1.74. The molecule has 0 fully saturated rings. The molecule has 74 valence electrons. The van der Waals surface area contributed by atoms with E-state index in [1.54, 1.807) is 25.4 Å². The summed E-state index contributed by atoms with van der Waals surface area (Å²) in [5, 5.41) is 17.4. The Morgan fingerprint density at radius 3 is 3.07 bits per heavy atom. The van der Waals surface area contributed by atoms with Gasteiger partial charge in [-0.3, -0.25) is 10.1 Å². The molecule has 0 aliphatic heterocycles. The van der Waals surface area contributed by atoms with Crippen LogP contribution < -0.4 is 5.73 Å². The van der Waals surface area contributed by atoms with Gasteiger partial charge in [0.1, 0.15) is 6.10 Å². The van der Waals surface area contributed by atoms with Gasteiger partial charge in [-0.1, -0.05) is 0 Å². The normalized spacial score (nSPS) is 15.6. The number of aliphatic hydroxyl groups is 1. The van der Waals surface area contributed by atoms with E-state index in [4.69, 9.17) is 5.73 Å². The zero-order valence-electron chi connectivity index (χ0n) is 7.81. The Kier molecular flexibility index (Phi) is 2.18. The maximum Gasteiger partial charge on any atom is 0.111 e. The lowest BCUT2D eigenvalue weighted by Crippen LogP contribution is -2.24. The minimum Gasteiger partial charge on any atom is -0.385 e. The van der Waals surface area contributed by atoms with E-state index in [-0.39, 0.29) is 6.04 Å². The van der Waals surface area contributed by atoms with Gasteiger partial charge in [0.05, 0.1) is 11.2 Å². The van der Waals surface area contributed by atoms with Crippen LogP contribution in [0, 0.1) is 0 Å².